The van der Waals surface area contributed by atoms with Crippen molar-refractivity contribution < 1.29 is 22.3 Å². The van der Waals surface area contributed by atoms with Crippen LogP contribution in [0.1, 0.15) is 23.2 Å². The topological polar surface area (TPSA) is 81.5 Å². The van der Waals surface area contributed by atoms with Crippen LogP contribution in [-0.2, 0) is 16.9 Å². The highest BCUT2D eigenvalue weighted by atomic mass is 32.2. The molecule has 0 radical (unpaired) electrons. The summed E-state index contributed by atoms with van der Waals surface area (Å²) in [5.74, 6) is -0.457. The van der Waals surface area contributed by atoms with Gasteiger partial charge < -0.3 is 9.64 Å². The van der Waals surface area contributed by atoms with Gasteiger partial charge in [0.25, 0.3) is 5.91 Å². The quantitative estimate of drug-likeness (QED) is 0.752. The zero-order chi connectivity index (χ0) is 18.9. The van der Waals surface area contributed by atoms with E-state index in [1.165, 1.54) is 23.9 Å². The Labute approximate surface area is 151 Å². The molecule has 1 aliphatic rings. The molecule has 0 spiro atoms. The zero-order valence-electron chi connectivity index (χ0n) is 14.6. The number of piperidine rings is 1. The molecular formula is C17H20FN3O4S. The fraction of sp³-hybridized carbons (Fsp3) is 0.412. The summed E-state index contributed by atoms with van der Waals surface area (Å²) in [7, 11) is -0.407. The molecule has 1 aromatic carbocycles. The molecule has 1 amide bonds. The Hall–Kier alpha value is -2.42. The van der Waals surface area contributed by atoms with E-state index in [4.69, 9.17) is 4.74 Å². The highest BCUT2D eigenvalue weighted by Crippen LogP contribution is 2.26. The number of rotatable bonds is 4. The third-order valence-corrected chi connectivity index (χ3v) is 6.81. The van der Waals surface area contributed by atoms with Crippen LogP contribution >= 0.6 is 0 Å². The van der Waals surface area contributed by atoms with Gasteiger partial charge in [-0.2, -0.15) is 0 Å². The lowest BCUT2D eigenvalue weighted by molar-refractivity contribution is 0.0722. The van der Waals surface area contributed by atoms with Crippen molar-refractivity contribution in [1.82, 2.24) is 14.7 Å². The Kier molecular flexibility index (Phi) is 4.99. The van der Waals surface area contributed by atoms with Gasteiger partial charge >= 0.3 is 0 Å². The summed E-state index contributed by atoms with van der Waals surface area (Å²) in [5, 5.41) is 3.48. The second-order valence-corrected chi connectivity index (χ2v) is 8.44. The predicted molar refractivity (Wildman–Crippen MR) is 92.3 cm³/mol. The standard InChI is InChI=1S/C17H20FN3O4S/c1-20-11-15(16(19-20)25-2)17(22)21-9-7-14(8-10-21)26(23,24)13-5-3-12(18)4-6-13/h3-6,11,14H,7-10H2,1-2H3. The van der Waals surface area contributed by atoms with Crippen LogP contribution in [0.2, 0.25) is 0 Å². The van der Waals surface area contributed by atoms with Crippen LogP contribution in [0.3, 0.4) is 0 Å². The maximum absolute atomic E-state index is 13.0. The summed E-state index contributed by atoms with van der Waals surface area (Å²) in [6, 6.07) is 4.84. The molecule has 0 bridgehead atoms. The molecule has 0 N–H and O–H groups in total. The summed E-state index contributed by atoms with van der Waals surface area (Å²) >= 11 is 0. The molecule has 9 heteroatoms. The van der Waals surface area contributed by atoms with E-state index in [2.05, 4.69) is 5.10 Å². The van der Waals surface area contributed by atoms with Crippen molar-refractivity contribution >= 4 is 15.7 Å². The Balaban J connectivity index is 1.70. The van der Waals surface area contributed by atoms with Gasteiger partial charge in [0, 0.05) is 26.3 Å². The number of likely N-dealkylation sites (tertiary alicyclic amines) is 1. The number of carbonyl (C=O) groups excluding carboxylic acids is 1. The van der Waals surface area contributed by atoms with Crippen molar-refractivity contribution in [2.75, 3.05) is 20.2 Å². The van der Waals surface area contributed by atoms with Crippen LogP contribution in [-0.4, -0.2) is 54.5 Å². The highest BCUT2D eigenvalue weighted by molar-refractivity contribution is 7.92. The Morgan fingerprint density at radius 3 is 2.42 bits per heavy atom. The number of aromatic nitrogens is 2. The average Bonchev–Trinajstić information content (AvgIpc) is 3.02. The van der Waals surface area contributed by atoms with Gasteiger partial charge in [0.15, 0.2) is 9.84 Å². The summed E-state index contributed by atoms with van der Waals surface area (Å²) in [4.78, 5) is 14.4. The largest absolute Gasteiger partial charge is 0.479 e. The van der Waals surface area contributed by atoms with E-state index in [0.29, 0.717) is 31.5 Å². The normalized spacial score (nSPS) is 15.9. The van der Waals surface area contributed by atoms with Gasteiger partial charge in [-0.3, -0.25) is 9.48 Å². The Morgan fingerprint density at radius 2 is 1.85 bits per heavy atom. The van der Waals surface area contributed by atoms with Gasteiger partial charge in [0.2, 0.25) is 5.88 Å². The molecule has 3 rings (SSSR count). The number of methoxy groups -OCH3 is 1. The first-order chi connectivity index (χ1) is 12.3. The van der Waals surface area contributed by atoms with Crippen molar-refractivity contribution in [3.63, 3.8) is 0 Å². The number of hydrogen-bond acceptors (Lipinski definition) is 5. The maximum Gasteiger partial charge on any atom is 0.260 e. The monoisotopic (exact) mass is 381 g/mol. The Morgan fingerprint density at radius 1 is 1.23 bits per heavy atom. The second-order valence-electron chi connectivity index (χ2n) is 6.22. The maximum atomic E-state index is 13.0. The van der Waals surface area contributed by atoms with Gasteiger partial charge in [-0.1, -0.05) is 0 Å². The first-order valence-corrected chi connectivity index (χ1v) is 9.74. The molecule has 0 atom stereocenters. The molecule has 0 unspecified atom stereocenters. The van der Waals surface area contributed by atoms with Gasteiger partial charge in [-0.05, 0) is 37.1 Å². The number of amides is 1. The van der Waals surface area contributed by atoms with Crippen LogP contribution in [0.25, 0.3) is 0 Å². The predicted octanol–water partition coefficient (Wildman–Crippen LogP) is 1.65. The van der Waals surface area contributed by atoms with E-state index in [-0.39, 0.29) is 16.7 Å². The number of hydrogen-bond donors (Lipinski definition) is 0. The minimum atomic E-state index is -3.55. The SMILES string of the molecule is COc1nn(C)cc1C(=O)N1CCC(S(=O)(=O)c2ccc(F)cc2)CC1. The molecule has 7 nitrogen and oxygen atoms in total. The van der Waals surface area contributed by atoms with Crippen LogP contribution in [0.4, 0.5) is 4.39 Å². The van der Waals surface area contributed by atoms with Crippen LogP contribution in [0.15, 0.2) is 35.4 Å². The number of benzene rings is 1. The molecule has 1 aliphatic heterocycles. The summed E-state index contributed by atoms with van der Waals surface area (Å²) in [5.41, 5.74) is 0.356. The number of halogens is 1. The fourth-order valence-corrected chi connectivity index (χ4v) is 4.85. The van der Waals surface area contributed by atoms with Crippen molar-refractivity contribution in [3.05, 3.63) is 41.8 Å². The molecule has 1 saturated heterocycles. The first kappa shape index (κ1) is 18.4. The van der Waals surface area contributed by atoms with E-state index < -0.39 is 20.9 Å². The number of ether oxygens (including phenoxy) is 1. The third-order valence-electron chi connectivity index (χ3n) is 4.53. The van der Waals surface area contributed by atoms with Crippen molar-refractivity contribution in [2.24, 2.45) is 7.05 Å². The lowest BCUT2D eigenvalue weighted by Crippen LogP contribution is -2.42. The van der Waals surface area contributed by atoms with Crippen LogP contribution in [0.5, 0.6) is 5.88 Å². The lowest BCUT2D eigenvalue weighted by Gasteiger charge is -2.31. The molecule has 2 heterocycles. The molecule has 1 aromatic heterocycles. The molecular weight excluding hydrogens is 361 g/mol. The van der Waals surface area contributed by atoms with Gasteiger partial charge in [-0.15, -0.1) is 5.10 Å². The minimum Gasteiger partial charge on any atom is -0.479 e. The molecule has 0 saturated carbocycles. The van der Waals surface area contributed by atoms with Crippen LogP contribution in [0, 0.1) is 5.82 Å². The first-order valence-electron chi connectivity index (χ1n) is 8.19. The van der Waals surface area contributed by atoms with E-state index in [1.807, 2.05) is 0 Å². The zero-order valence-corrected chi connectivity index (χ0v) is 15.4. The number of aryl methyl sites for hydroxylation is 1. The minimum absolute atomic E-state index is 0.109. The molecule has 26 heavy (non-hydrogen) atoms. The summed E-state index contributed by atoms with van der Waals surface area (Å²) < 4.78 is 45.0. The summed E-state index contributed by atoms with van der Waals surface area (Å²) in [6.45, 7) is 0.643. The van der Waals surface area contributed by atoms with Crippen molar-refractivity contribution in [2.45, 2.75) is 23.0 Å². The average molecular weight is 381 g/mol. The van der Waals surface area contributed by atoms with E-state index >= 15 is 0 Å². The third kappa shape index (κ3) is 3.44. The highest BCUT2D eigenvalue weighted by Gasteiger charge is 2.34. The smallest absolute Gasteiger partial charge is 0.260 e. The van der Waals surface area contributed by atoms with Crippen molar-refractivity contribution in [1.29, 1.82) is 0 Å². The van der Waals surface area contributed by atoms with E-state index in [9.17, 15) is 17.6 Å². The van der Waals surface area contributed by atoms with E-state index in [0.717, 1.165) is 12.1 Å². The molecule has 140 valence electrons. The molecule has 0 aliphatic carbocycles. The molecule has 1 fully saturated rings. The van der Waals surface area contributed by atoms with Gasteiger partial charge in [-0.25, -0.2) is 12.8 Å². The van der Waals surface area contributed by atoms with Gasteiger partial charge in [0.1, 0.15) is 11.4 Å². The lowest BCUT2D eigenvalue weighted by atomic mass is 10.1. The fourth-order valence-electron chi connectivity index (χ4n) is 3.12. The summed E-state index contributed by atoms with van der Waals surface area (Å²) in [6.07, 6.45) is 2.24. The van der Waals surface area contributed by atoms with E-state index in [1.54, 1.807) is 18.1 Å². The van der Waals surface area contributed by atoms with Gasteiger partial charge in [0.05, 0.1) is 17.3 Å². The van der Waals surface area contributed by atoms with Crippen LogP contribution < -0.4 is 4.74 Å². The second kappa shape index (κ2) is 7.06. The van der Waals surface area contributed by atoms with Crippen molar-refractivity contribution in [3.8, 4) is 5.88 Å². The Bertz CT molecular complexity index is 901. The number of nitrogens with zero attached hydrogens (tertiary/aromatic N) is 3. The molecule has 2 aromatic rings. The number of carbonyl (C=O) groups is 1. The number of sulfone groups is 1.